The molecular formula is C45H43BN2. The summed E-state index contributed by atoms with van der Waals surface area (Å²) >= 11 is 0. The van der Waals surface area contributed by atoms with E-state index in [1.807, 2.05) is 0 Å². The van der Waals surface area contributed by atoms with Gasteiger partial charge in [-0.1, -0.05) is 87.5 Å². The Morgan fingerprint density at radius 1 is 0.646 bits per heavy atom. The van der Waals surface area contributed by atoms with Crippen LogP contribution < -0.4 is 26.2 Å². The first kappa shape index (κ1) is 27.7. The molecule has 5 aromatic rings. The van der Waals surface area contributed by atoms with Crippen LogP contribution in [0.2, 0.25) is 0 Å². The summed E-state index contributed by atoms with van der Waals surface area (Å²) in [6.07, 6.45) is 8.14. The summed E-state index contributed by atoms with van der Waals surface area (Å²) in [5.74, 6) is 3.86. The molecule has 236 valence electrons. The van der Waals surface area contributed by atoms with Gasteiger partial charge in [-0.3, -0.25) is 0 Å². The summed E-state index contributed by atoms with van der Waals surface area (Å²) in [4.78, 5) is 5.26. The molecule has 0 radical (unpaired) electrons. The summed E-state index contributed by atoms with van der Waals surface area (Å²) in [5.41, 5.74) is 18.7. The van der Waals surface area contributed by atoms with Gasteiger partial charge in [0.1, 0.15) is 0 Å². The Bertz CT molecular complexity index is 2120. The summed E-state index contributed by atoms with van der Waals surface area (Å²) in [6, 6.07) is 40.9. The minimum Gasteiger partial charge on any atom is -0.311 e. The Labute approximate surface area is 285 Å². The first-order valence-corrected chi connectivity index (χ1v) is 18.7. The predicted molar refractivity (Wildman–Crippen MR) is 202 cm³/mol. The maximum atomic E-state index is 2.71. The molecular weight excluding hydrogens is 579 g/mol. The minimum atomic E-state index is 0.119. The summed E-state index contributed by atoms with van der Waals surface area (Å²) < 4.78 is 0. The van der Waals surface area contributed by atoms with E-state index in [4.69, 9.17) is 0 Å². The van der Waals surface area contributed by atoms with Crippen LogP contribution in [0, 0.1) is 23.7 Å². The van der Waals surface area contributed by atoms with Crippen molar-refractivity contribution in [2.45, 2.75) is 70.6 Å². The molecule has 0 saturated heterocycles. The maximum absolute atomic E-state index is 2.71. The third-order valence-corrected chi connectivity index (χ3v) is 13.8. The van der Waals surface area contributed by atoms with Crippen LogP contribution in [-0.2, 0) is 11.8 Å². The third kappa shape index (κ3) is 3.36. The van der Waals surface area contributed by atoms with E-state index in [9.17, 15) is 0 Å². The van der Waals surface area contributed by atoms with E-state index < -0.39 is 0 Å². The minimum absolute atomic E-state index is 0.119. The molecule has 48 heavy (non-hydrogen) atoms. The van der Waals surface area contributed by atoms with Gasteiger partial charge in [0.2, 0.25) is 0 Å². The van der Waals surface area contributed by atoms with Crippen molar-refractivity contribution in [2.75, 3.05) is 9.80 Å². The zero-order chi connectivity index (χ0) is 31.9. The third-order valence-electron chi connectivity index (χ3n) is 13.8. The SMILES string of the molecule is CCc1ccc2c(c1)B1c3cccc4c3N(c3ccccc3C43C4CC5CC(C4)CC3C5)c3cccc(c31)N2c1ccc(C(C)C)cc1. The molecule has 1 spiro atoms. The average molecular weight is 623 g/mol. The first-order chi connectivity index (χ1) is 23.6. The molecule has 0 N–H and O–H groups in total. The summed E-state index contributed by atoms with van der Waals surface area (Å²) in [7, 11) is 0. The van der Waals surface area contributed by atoms with Crippen LogP contribution in [0.3, 0.4) is 0 Å². The van der Waals surface area contributed by atoms with Crippen LogP contribution in [-0.4, -0.2) is 6.71 Å². The molecule has 0 amide bonds. The van der Waals surface area contributed by atoms with Crippen LogP contribution in [0.15, 0.2) is 103 Å². The number of anilines is 6. The Hall–Kier alpha value is -4.24. The molecule has 3 heteroatoms. The topological polar surface area (TPSA) is 6.48 Å². The molecule has 4 aliphatic carbocycles. The van der Waals surface area contributed by atoms with E-state index in [1.54, 1.807) is 11.1 Å². The smallest absolute Gasteiger partial charge is 0.252 e. The molecule has 2 nitrogen and oxygen atoms in total. The largest absolute Gasteiger partial charge is 0.311 e. The summed E-state index contributed by atoms with van der Waals surface area (Å²) in [5, 5.41) is 0. The van der Waals surface area contributed by atoms with Gasteiger partial charge >= 0.3 is 0 Å². The number of fused-ring (bicyclic) bond motifs is 6. The van der Waals surface area contributed by atoms with Crippen molar-refractivity contribution >= 4 is 57.2 Å². The van der Waals surface area contributed by atoms with Crippen molar-refractivity contribution in [3.05, 3.63) is 125 Å². The fraction of sp³-hybridized carbons (Fsp3) is 0.333. The Balaban J connectivity index is 1.21. The van der Waals surface area contributed by atoms with Gasteiger partial charge < -0.3 is 9.80 Å². The van der Waals surface area contributed by atoms with Gasteiger partial charge in [-0.2, -0.15) is 0 Å². The number of hydrogen-bond acceptors (Lipinski definition) is 2. The highest BCUT2D eigenvalue weighted by molar-refractivity contribution is 7.00. The van der Waals surface area contributed by atoms with E-state index in [-0.39, 0.29) is 12.1 Å². The predicted octanol–water partition coefficient (Wildman–Crippen LogP) is 9.51. The van der Waals surface area contributed by atoms with Crippen molar-refractivity contribution in [3.8, 4) is 0 Å². The molecule has 7 aliphatic rings. The van der Waals surface area contributed by atoms with E-state index in [2.05, 4.69) is 134 Å². The zero-order valence-electron chi connectivity index (χ0n) is 28.4. The normalized spacial score (nSPS) is 26.5. The average Bonchev–Trinajstić information content (AvgIpc) is 3.11. The second kappa shape index (κ2) is 9.68. The molecule has 0 aromatic heterocycles. The fourth-order valence-electron chi connectivity index (χ4n) is 12.1. The maximum Gasteiger partial charge on any atom is 0.252 e. The monoisotopic (exact) mass is 622 g/mol. The van der Waals surface area contributed by atoms with E-state index in [1.165, 1.54) is 93.7 Å². The van der Waals surface area contributed by atoms with Gasteiger partial charge in [0.25, 0.3) is 6.71 Å². The first-order valence-electron chi connectivity index (χ1n) is 18.7. The lowest BCUT2D eigenvalue weighted by Gasteiger charge is -2.64. The van der Waals surface area contributed by atoms with Crippen molar-refractivity contribution in [1.82, 2.24) is 0 Å². The lowest BCUT2D eigenvalue weighted by molar-refractivity contribution is -0.0419. The molecule has 3 aliphatic heterocycles. The highest BCUT2D eigenvalue weighted by Gasteiger charge is 2.62. The number of aryl methyl sites for hydroxylation is 1. The van der Waals surface area contributed by atoms with Crippen LogP contribution >= 0.6 is 0 Å². The standard InChI is InChI=1S/C45H43BN2/c1-4-28-15-20-40-38(26-28)46-37-11-7-10-36-44(37)48(42-14-8-13-41(43(42)46)47(40)34-18-16-31(17-19-34)27(2)3)39-12-6-5-9-35(39)45(36)32-22-29-21-30(24-32)25-33(45)23-29/h5-20,26-27,29-30,32-33H,4,21-25H2,1-3H3. The summed E-state index contributed by atoms with van der Waals surface area (Å²) in [6.45, 7) is 7.07. The molecule has 3 heterocycles. The molecule has 0 unspecified atom stereocenters. The molecule has 4 fully saturated rings. The Morgan fingerprint density at radius 2 is 1.31 bits per heavy atom. The van der Waals surface area contributed by atoms with Gasteiger partial charge in [-0.15, -0.1) is 0 Å². The van der Waals surface area contributed by atoms with Crippen molar-refractivity contribution in [3.63, 3.8) is 0 Å². The lowest BCUT2D eigenvalue weighted by atomic mass is 9.32. The number of rotatable bonds is 3. The highest BCUT2D eigenvalue weighted by atomic mass is 15.2. The van der Waals surface area contributed by atoms with E-state index in [0.717, 1.165) is 30.1 Å². The van der Waals surface area contributed by atoms with Crippen molar-refractivity contribution in [1.29, 1.82) is 0 Å². The van der Waals surface area contributed by atoms with Crippen LogP contribution in [0.5, 0.6) is 0 Å². The number of benzene rings is 5. The molecule has 0 atom stereocenters. The van der Waals surface area contributed by atoms with Crippen LogP contribution in [0.1, 0.15) is 81.0 Å². The molecule has 5 aromatic carbocycles. The Morgan fingerprint density at radius 3 is 2.04 bits per heavy atom. The quantitative estimate of drug-likeness (QED) is 0.181. The van der Waals surface area contributed by atoms with Crippen LogP contribution in [0.25, 0.3) is 0 Å². The van der Waals surface area contributed by atoms with Crippen molar-refractivity contribution in [2.24, 2.45) is 23.7 Å². The van der Waals surface area contributed by atoms with Gasteiger partial charge in [0, 0.05) is 33.9 Å². The number of hydrogen-bond donors (Lipinski definition) is 0. The molecule has 4 bridgehead atoms. The molecule has 4 saturated carbocycles. The number of nitrogens with zero attached hydrogens (tertiary/aromatic N) is 2. The lowest BCUT2D eigenvalue weighted by Crippen LogP contribution is -2.64. The van der Waals surface area contributed by atoms with Gasteiger partial charge in [0.05, 0.1) is 5.69 Å². The second-order valence-electron chi connectivity index (χ2n) is 16.2. The van der Waals surface area contributed by atoms with E-state index in [0.29, 0.717) is 5.92 Å². The molecule has 12 rings (SSSR count). The van der Waals surface area contributed by atoms with Crippen LogP contribution in [0.4, 0.5) is 34.1 Å². The fourth-order valence-corrected chi connectivity index (χ4v) is 12.1. The van der Waals surface area contributed by atoms with E-state index >= 15 is 0 Å². The zero-order valence-corrected chi connectivity index (χ0v) is 28.4. The van der Waals surface area contributed by atoms with Gasteiger partial charge in [0.15, 0.2) is 0 Å². The van der Waals surface area contributed by atoms with Gasteiger partial charge in [-0.05, 0) is 143 Å². The Kier molecular flexibility index (Phi) is 5.59. The second-order valence-corrected chi connectivity index (χ2v) is 16.2. The van der Waals surface area contributed by atoms with Gasteiger partial charge in [-0.25, -0.2) is 0 Å². The van der Waals surface area contributed by atoms with Crippen molar-refractivity contribution < 1.29 is 0 Å². The highest BCUT2D eigenvalue weighted by Crippen LogP contribution is 2.69. The number of para-hydroxylation sites is 2.